The van der Waals surface area contributed by atoms with E-state index in [1.54, 1.807) is 0 Å². The minimum atomic E-state index is -0.372. The average molecular weight is 309 g/mol. The SMILES string of the molecule is CCCNc1ncnc(Nc2cc(Cl)ccc2F)c1CC. The zero-order valence-corrected chi connectivity index (χ0v) is 12.8. The van der Waals surface area contributed by atoms with Gasteiger partial charge in [0.1, 0.15) is 23.8 Å². The summed E-state index contributed by atoms with van der Waals surface area (Å²) in [5.41, 5.74) is 1.22. The summed E-state index contributed by atoms with van der Waals surface area (Å²) in [5, 5.41) is 6.72. The second-order valence-corrected chi connectivity index (χ2v) is 5.02. The summed E-state index contributed by atoms with van der Waals surface area (Å²) in [6.07, 6.45) is 3.19. The Kier molecular flexibility index (Phi) is 5.33. The van der Waals surface area contributed by atoms with Crippen LogP contribution in [-0.2, 0) is 6.42 Å². The van der Waals surface area contributed by atoms with Crippen molar-refractivity contribution in [2.75, 3.05) is 17.2 Å². The maximum Gasteiger partial charge on any atom is 0.146 e. The molecule has 0 unspecified atom stereocenters. The van der Waals surface area contributed by atoms with Crippen molar-refractivity contribution in [3.05, 3.63) is 40.9 Å². The average Bonchev–Trinajstić information content (AvgIpc) is 2.49. The predicted molar refractivity (Wildman–Crippen MR) is 84.9 cm³/mol. The van der Waals surface area contributed by atoms with Crippen molar-refractivity contribution in [3.63, 3.8) is 0 Å². The molecule has 0 aliphatic carbocycles. The molecule has 21 heavy (non-hydrogen) atoms. The van der Waals surface area contributed by atoms with Gasteiger partial charge in [0.25, 0.3) is 0 Å². The molecule has 0 fully saturated rings. The number of halogens is 2. The Balaban J connectivity index is 2.33. The Bertz CT molecular complexity index is 619. The largest absolute Gasteiger partial charge is 0.370 e. The van der Waals surface area contributed by atoms with Crippen LogP contribution in [0.5, 0.6) is 0 Å². The molecular weight excluding hydrogens is 291 g/mol. The predicted octanol–water partition coefficient (Wildman–Crippen LogP) is 4.40. The van der Waals surface area contributed by atoms with Gasteiger partial charge in [-0.2, -0.15) is 0 Å². The number of anilines is 3. The molecule has 0 aliphatic rings. The zero-order valence-electron chi connectivity index (χ0n) is 12.1. The molecule has 112 valence electrons. The minimum absolute atomic E-state index is 0.303. The maximum atomic E-state index is 13.8. The van der Waals surface area contributed by atoms with Gasteiger partial charge in [0.05, 0.1) is 5.69 Å². The molecular formula is C15H18ClFN4. The Morgan fingerprint density at radius 1 is 1.19 bits per heavy atom. The van der Waals surface area contributed by atoms with E-state index < -0.39 is 0 Å². The van der Waals surface area contributed by atoms with Crippen molar-refractivity contribution in [1.82, 2.24) is 9.97 Å². The first-order valence-electron chi connectivity index (χ1n) is 6.95. The zero-order chi connectivity index (χ0) is 15.2. The Labute approximate surface area is 128 Å². The highest BCUT2D eigenvalue weighted by molar-refractivity contribution is 6.30. The van der Waals surface area contributed by atoms with Crippen molar-refractivity contribution in [2.45, 2.75) is 26.7 Å². The molecule has 1 aromatic carbocycles. The number of aromatic nitrogens is 2. The third-order valence-corrected chi connectivity index (χ3v) is 3.26. The van der Waals surface area contributed by atoms with E-state index in [0.717, 1.165) is 30.8 Å². The van der Waals surface area contributed by atoms with Crippen molar-refractivity contribution in [3.8, 4) is 0 Å². The molecule has 0 saturated carbocycles. The second kappa shape index (κ2) is 7.22. The van der Waals surface area contributed by atoms with Crippen molar-refractivity contribution < 1.29 is 4.39 Å². The number of hydrogen-bond donors (Lipinski definition) is 2. The molecule has 0 atom stereocenters. The lowest BCUT2D eigenvalue weighted by Crippen LogP contribution is -2.09. The fourth-order valence-corrected chi connectivity index (χ4v) is 2.14. The molecule has 0 radical (unpaired) electrons. The highest BCUT2D eigenvalue weighted by Crippen LogP contribution is 2.27. The van der Waals surface area contributed by atoms with E-state index in [-0.39, 0.29) is 5.82 Å². The van der Waals surface area contributed by atoms with Crippen LogP contribution in [0.15, 0.2) is 24.5 Å². The minimum Gasteiger partial charge on any atom is -0.370 e. The highest BCUT2D eigenvalue weighted by atomic mass is 35.5. The summed E-state index contributed by atoms with van der Waals surface area (Å²) in [4.78, 5) is 8.46. The van der Waals surface area contributed by atoms with Crippen LogP contribution in [0.25, 0.3) is 0 Å². The standard InChI is InChI=1S/C15H18ClFN4/c1-3-7-18-14-11(4-2)15(20-9-19-14)21-13-8-10(16)5-6-12(13)17/h5-6,8-9H,3-4,7H2,1-2H3,(H2,18,19,20,21). The van der Waals surface area contributed by atoms with Gasteiger partial charge in [-0.3, -0.25) is 0 Å². The van der Waals surface area contributed by atoms with Crippen LogP contribution in [0.3, 0.4) is 0 Å². The molecule has 0 aliphatic heterocycles. The van der Waals surface area contributed by atoms with E-state index in [0.29, 0.717) is 16.5 Å². The number of benzene rings is 1. The number of nitrogens with one attached hydrogen (secondary N) is 2. The van der Waals surface area contributed by atoms with E-state index in [2.05, 4.69) is 27.5 Å². The van der Waals surface area contributed by atoms with Gasteiger partial charge in [0.15, 0.2) is 0 Å². The van der Waals surface area contributed by atoms with Crippen LogP contribution in [-0.4, -0.2) is 16.5 Å². The van der Waals surface area contributed by atoms with Crippen molar-refractivity contribution in [1.29, 1.82) is 0 Å². The third kappa shape index (κ3) is 3.82. The summed E-state index contributed by atoms with van der Waals surface area (Å²) in [7, 11) is 0. The first-order valence-corrected chi connectivity index (χ1v) is 7.33. The van der Waals surface area contributed by atoms with Crippen LogP contribution in [0.2, 0.25) is 5.02 Å². The molecule has 4 nitrogen and oxygen atoms in total. The quantitative estimate of drug-likeness (QED) is 0.830. The fraction of sp³-hybridized carbons (Fsp3) is 0.333. The molecule has 1 aromatic heterocycles. The summed E-state index contributed by atoms with van der Waals surface area (Å²) in [6.45, 7) is 4.92. The van der Waals surface area contributed by atoms with Gasteiger partial charge in [0, 0.05) is 17.1 Å². The summed E-state index contributed by atoms with van der Waals surface area (Å²) >= 11 is 5.90. The van der Waals surface area contributed by atoms with Crippen LogP contribution >= 0.6 is 11.6 Å². The Hall–Kier alpha value is -1.88. The summed E-state index contributed by atoms with van der Waals surface area (Å²) < 4.78 is 13.8. The van der Waals surface area contributed by atoms with E-state index in [1.165, 1.54) is 24.5 Å². The van der Waals surface area contributed by atoms with E-state index in [1.807, 2.05) is 6.92 Å². The van der Waals surface area contributed by atoms with Gasteiger partial charge in [-0.1, -0.05) is 25.4 Å². The normalized spacial score (nSPS) is 10.5. The van der Waals surface area contributed by atoms with Crippen LogP contribution < -0.4 is 10.6 Å². The van der Waals surface area contributed by atoms with E-state index in [9.17, 15) is 4.39 Å². The lowest BCUT2D eigenvalue weighted by Gasteiger charge is -2.14. The van der Waals surface area contributed by atoms with Gasteiger partial charge in [-0.05, 0) is 31.0 Å². The number of hydrogen-bond acceptors (Lipinski definition) is 4. The molecule has 1 heterocycles. The lowest BCUT2D eigenvalue weighted by molar-refractivity contribution is 0.631. The molecule has 2 rings (SSSR count). The Morgan fingerprint density at radius 2 is 1.95 bits per heavy atom. The number of rotatable bonds is 6. The third-order valence-electron chi connectivity index (χ3n) is 3.02. The number of nitrogens with zero attached hydrogens (tertiary/aromatic N) is 2. The van der Waals surface area contributed by atoms with Gasteiger partial charge in [0.2, 0.25) is 0 Å². The molecule has 2 N–H and O–H groups in total. The monoisotopic (exact) mass is 308 g/mol. The summed E-state index contributed by atoms with van der Waals surface area (Å²) in [5.74, 6) is 0.995. The molecule has 0 saturated heterocycles. The van der Waals surface area contributed by atoms with Crippen LogP contribution in [0, 0.1) is 5.82 Å². The summed E-state index contributed by atoms with van der Waals surface area (Å²) in [6, 6.07) is 4.38. The van der Waals surface area contributed by atoms with Crippen LogP contribution in [0.1, 0.15) is 25.8 Å². The molecule has 0 spiro atoms. The van der Waals surface area contributed by atoms with Gasteiger partial charge in [-0.15, -0.1) is 0 Å². The first-order chi connectivity index (χ1) is 10.2. The van der Waals surface area contributed by atoms with E-state index >= 15 is 0 Å². The second-order valence-electron chi connectivity index (χ2n) is 4.58. The van der Waals surface area contributed by atoms with Crippen molar-refractivity contribution in [2.24, 2.45) is 0 Å². The lowest BCUT2D eigenvalue weighted by atomic mass is 10.2. The van der Waals surface area contributed by atoms with Crippen LogP contribution in [0.4, 0.5) is 21.7 Å². The highest BCUT2D eigenvalue weighted by Gasteiger charge is 2.11. The van der Waals surface area contributed by atoms with Gasteiger partial charge < -0.3 is 10.6 Å². The fourth-order valence-electron chi connectivity index (χ4n) is 1.97. The first kappa shape index (κ1) is 15.5. The van der Waals surface area contributed by atoms with Gasteiger partial charge >= 0.3 is 0 Å². The molecule has 0 amide bonds. The Morgan fingerprint density at radius 3 is 2.67 bits per heavy atom. The van der Waals surface area contributed by atoms with Gasteiger partial charge in [-0.25, -0.2) is 14.4 Å². The molecule has 0 bridgehead atoms. The topological polar surface area (TPSA) is 49.8 Å². The molecule has 2 aromatic rings. The van der Waals surface area contributed by atoms with Crippen molar-refractivity contribution >= 4 is 28.9 Å². The van der Waals surface area contributed by atoms with E-state index in [4.69, 9.17) is 11.6 Å². The smallest absolute Gasteiger partial charge is 0.146 e. The molecule has 6 heteroatoms. The maximum absolute atomic E-state index is 13.8.